The minimum atomic E-state index is -0.493. The molecule has 146 valence electrons. The van der Waals surface area contributed by atoms with Crippen molar-refractivity contribution < 1.29 is 19.2 Å². The average molecular weight is 395 g/mol. The fourth-order valence-corrected chi connectivity index (χ4v) is 2.59. The van der Waals surface area contributed by atoms with Crippen LogP contribution in [0.25, 0.3) is 11.4 Å². The zero-order chi connectivity index (χ0) is 20.2. The number of aromatic nitrogens is 4. The Morgan fingerprint density at radius 3 is 2.83 bits per heavy atom. The van der Waals surface area contributed by atoms with Crippen LogP contribution < -0.4 is 14.9 Å². The predicted molar refractivity (Wildman–Crippen MR) is 98.2 cm³/mol. The fraction of sp³-hybridized carbons (Fsp3) is 0.118. The Kier molecular flexibility index (Phi) is 4.80. The lowest BCUT2D eigenvalue weighted by atomic mass is 10.2. The Balaban J connectivity index is 1.39. The molecule has 3 aromatic rings. The molecule has 29 heavy (non-hydrogen) atoms. The van der Waals surface area contributed by atoms with E-state index in [0.717, 1.165) is 0 Å². The lowest BCUT2D eigenvalue weighted by Gasteiger charge is -2.04. The summed E-state index contributed by atoms with van der Waals surface area (Å²) in [6.45, 7) is -0.00667. The van der Waals surface area contributed by atoms with Crippen LogP contribution in [0.4, 0.5) is 5.69 Å². The van der Waals surface area contributed by atoms with Crippen LogP contribution >= 0.6 is 0 Å². The van der Waals surface area contributed by atoms with E-state index in [-0.39, 0.29) is 19.0 Å². The number of non-ortho nitro benzene ring substituents is 1. The van der Waals surface area contributed by atoms with Gasteiger partial charge in [-0.05, 0) is 46.3 Å². The monoisotopic (exact) mass is 395 g/mol. The molecule has 0 spiro atoms. The Morgan fingerprint density at radius 2 is 2.03 bits per heavy atom. The molecule has 0 unspecified atom stereocenters. The van der Waals surface area contributed by atoms with E-state index in [2.05, 4.69) is 26.1 Å². The molecule has 1 aromatic heterocycles. The number of nitro groups is 1. The highest BCUT2D eigenvalue weighted by Crippen LogP contribution is 2.35. The number of rotatable bonds is 6. The molecule has 0 atom stereocenters. The number of hydrazone groups is 1. The highest BCUT2D eigenvalue weighted by atomic mass is 16.7. The largest absolute Gasteiger partial charge is 0.454 e. The van der Waals surface area contributed by atoms with Gasteiger partial charge in [0.05, 0.1) is 11.1 Å². The number of carbonyl (C=O) groups excluding carboxylic acids is 1. The standard InChI is InChI=1S/C17H13N7O5/c25-16(19-18-8-11-1-4-13(5-2-11)24(26)27)9-23-17(20-21-22-23)12-3-6-14-15(7-12)29-10-28-14/h1-8H,9-10H2,(H,19,25). The second-order valence-corrected chi connectivity index (χ2v) is 5.87. The SMILES string of the molecule is O=C(Cn1nnnc1-c1ccc2c(c1)OCO2)NN=Cc1ccc([N+](=O)[O-])cc1. The number of hydrogen-bond acceptors (Lipinski definition) is 9. The second-order valence-electron chi connectivity index (χ2n) is 5.87. The molecule has 0 bridgehead atoms. The van der Waals surface area contributed by atoms with E-state index in [1.807, 2.05) is 0 Å². The first kappa shape index (κ1) is 18.0. The number of fused-ring (bicyclic) bond motifs is 1. The van der Waals surface area contributed by atoms with E-state index in [1.54, 1.807) is 18.2 Å². The molecular formula is C17H13N7O5. The van der Waals surface area contributed by atoms with Crippen molar-refractivity contribution in [2.75, 3.05) is 6.79 Å². The van der Waals surface area contributed by atoms with E-state index in [0.29, 0.717) is 28.5 Å². The van der Waals surface area contributed by atoms with E-state index < -0.39 is 10.8 Å². The van der Waals surface area contributed by atoms with Crippen LogP contribution in [0.1, 0.15) is 5.56 Å². The number of tetrazole rings is 1. The number of hydrogen-bond donors (Lipinski definition) is 1. The second kappa shape index (κ2) is 7.72. The molecule has 1 N–H and O–H groups in total. The molecule has 0 radical (unpaired) electrons. The number of nitrogens with one attached hydrogen (secondary N) is 1. The number of carbonyl (C=O) groups is 1. The van der Waals surface area contributed by atoms with E-state index in [4.69, 9.17) is 9.47 Å². The van der Waals surface area contributed by atoms with Gasteiger partial charge in [0.25, 0.3) is 11.6 Å². The van der Waals surface area contributed by atoms with Crippen molar-refractivity contribution >= 4 is 17.8 Å². The minimum Gasteiger partial charge on any atom is -0.454 e. The van der Waals surface area contributed by atoms with E-state index in [9.17, 15) is 14.9 Å². The van der Waals surface area contributed by atoms with Crippen molar-refractivity contribution in [3.8, 4) is 22.9 Å². The van der Waals surface area contributed by atoms with Crippen LogP contribution in [0.15, 0.2) is 47.6 Å². The van der Waals surface area contributed by atoms with Gasteiger partial charge in [-0.15, -0.1) is 5.10 Å². The Morgan fingerprint density at radius 1 is 1.24 bits per heavy atom. The third-order valence-electron chi connectivity index (χ3n) is 3.96. The van der Waals surface area contributed by atoms with Crippen LogP contribution in [-0.4, -0.2) is 44.0 Å². The third kappa shape index (κ3) is 4.00. The molecule has 0 saturated heterocycles. The average Bonchev–Trinajstić information content (AvgIpc) is 3.37. The van der Waals surface area contributed by atoms with Gasteiger partial charge < -0.3 is 9.47 Å². The summed E-state index contributed by atoms with van der Waals surface area (Å²) in [4.78, 5) is 22.3. The van der Waals surface area contributed by atoms with Crippen LogP contribution in [0.3, 0.4) is 0 Å². The summed E-state index contributed by atoms with van der Waals surface area (Å²) in [5, 5.41) is 25.9. The van der Waals surface area contributed by atoms with Gasteiger partial charge in [0.2, 0.25) is 6.79 Å². The molecule has 4 rings (SSSR count). The van der Waals surface area contributed by atoms with Gasteiger partial charge in [0.15, 0.2) is 17.3 Å². The number of nitro benzene ring substituents is 1. The van der Waals surface area contributed by atoms with Crippen LogP contribution in [-0.2, 0) is 11.3 Å². The molecule has 1 aliphatic rings. The fourth-order valence-electron chi connectivity index (χ4n) is 2.59. The molecule has 12 nitrogen and oxygen atoms in total. The Bertz CT molecular complexity index is 1090. The van der Waals surface area contributed by atoms with E-state index >= 15 is 0 Å². The smallest absolute Gasteiger partial charge is 0.269 e. The maximum atomic E-state index is 12.1. The van der Waals surface area contributed by atoms with Crippen LogP contribution in [0.2, 0.25) is 0 Å². The normalized spacial score (nSPS) is 12.3. The summed E-state index contributed by atoms with van der Waals surface area (Å²) >= 11 is 0. The number of nitrogens with zero attached hydrogens (tertiary/aromatic N) is 6. The maximum Gasteiger partial charge on any atom is 0.269 e. The van der Waals surface area contributed by atoms with Gasteiger partial charge >= 0.3 is 0 Å². The van der Waals surface area contributed by atoms with Crippen molar-refractivity contribution in [1.29, 1.82) is 0 Å². The van der Waals surface area contributed by atoms with Crippen molar-refractivity contribution in [2.24, 2.45) is 5.10 Å². The molecule has 0 saturated carbocycles. The maximum absolute atomic E-state index is 12.1. The van der Waals surface area contributed by atoms with Gasteiger partial charge in [-0.25, -0.2) is 10.1 Å². The first-order chi connectivity index (χ1) is 14.1. The zero-order valence-corrected chi connectivity index (χ0v) is 14.8. The summed E-state index contributed by atoms with van der Waals surface area (Å²) in [5.41, 5.74) is 3.60. The quantitative estimate of drug-likeness (QED) is 0.371. The molecule has 0 fully saturated rings. The summed E-state index contributed by atoms with van der Waals surface area (Å²) in [6.07, 6.45) is 1.37. The third-order valence-corrected chi connectivity index (χ3v) is 3.96. The van der Waals surface area contributed by atoms with E-state index in [1.165, 1.54) is 35.2 Å². The molecular weight excluding hydrogens is 382 g/mol. The summed E-state index contributed by atoms with van der Waals surface area (Å²) in [7, 11) is 0. The van der Waals surface area contributed by atoms with Gasteiger partial charge in [-0.3, -0.25) is 14.9 Å². The molecule has 1 aliphatic heterocycles. The van der Waals surface area contributed by atoms with Crippen LogP contribution in [0.5, 0.6) is 11.5 Å². The van der Waals surface area contributed by atoms with Gasteiger partial charge in [-0.2, -0.15) is 5.10 Å². The highest BCUT2D eigenvalue weighted by molar-refractivity contribution is 5.82. The lowest BCUT2D eigenvalue weighted by molar-refractivity contribution is -0.384. The molecule has 1 amide bonds. The van der Waals surface area contributed by atoms with Crippen molar-refractivity contribution in [2.45, 2.75) is 6.54 Å². The summed E-state index contributed by atoms with van der Waals surface area (Å²) in [5.74, 6) is 1.15. The van der Waals surface area contributed by atoms with Gasteiger partial charge in [0, 0.05) is 17.7 Å². The van der Waals surface area contributed by atoms with Crippen molar-refractivity contribution in [3.63, 3.8) is 0 Å². The van der Waals surface area contributed by atoms with Crippen LogP contribution in [0, 0.1) is 10.1 Å². The minimum absolute atomic E-state index is 0.0269. The predicted octanol–water partition coefficient (Wildman–Crippen LogP) is 1.13. The van der Waals surface area contributed by atoms with Gasteiger partial charge in [-0.1, -0.05) is 0 Å². The Hall–Kier alpha value is -4.35. The Labute approximate surface area is 162 Å². The highest BCUT2D eigenvalue weighted by Gasteiger charge is 2.18. The van der Waals surface area contributed by atoms with Crippen molar-refractivity contribution in [3.05, 3.63) is 58.1 Å². The lowest BCUT2D eigenvalue weighted by Crippen LogP contribution is -2.24. The summed E-state index contributed by atoms with van der Waals surface area (Å²) < 4.78 is 11.9. The first-order valence-electron chi connectivity index (χ1n) is 8.33. The molecule has 2 heterocycles. The molecule has 2 aromatic carbocycles. The molecule has 0 aliphatic carbocycles. The molecule has 12 heteroatoms. The number of amides is 1. The topological polar surface area (TPSA) is 147 Å². The first-order valence-corrected chi connectivity index (χ1v) is 8.33. The summed E-state index contributed by atoms with van der Waals surface area (Å²) in [6, 6.07) is 11.0. The van der Waals surface area contributed by atoms with Crippen molar-refractivity contribution in [1.82, 2.24) is 25.6 Å². The zero-order valence-electron chi connectivity index (χ0n) is 14.8. The van der Waals surface area contributed by atoms with Gasteiger partial charge in [0.1, 0.15) is 6.54 Å². The number of ether oxygens (including phenoxy) is 2. The number of benzene rings is 2.